The lowest BCUT2D eigenvalue weighted by Gasteiger charge is -2.31. The van der Waals surface area contributed by atoms with Crippen LogP contribution in [0.3, 0.4) is 0 Å². The molecule has 1 N–H and O–H groups in total. The van der Waals surface area contributed by atoms with Crippen LogP contribution in [0.5, 0.6) is 0 Å². The second-order valence-corrected chi connectivity index (χ2v) is 11.3. The number of nitrogens with zero attached hydrogens (tertiary/aromatic N) is 2. The summed E-state index contributed by atoms with van der Waals surface area (Å²) in [6.45, 7) is -0.185. The Morgan fingerprint density at radius 1 is 0.946 bits per heavy atom. The van der Waals surface area contributed by atoms with E-state index in [9.17, 15) is 22.8 Å². The molecule has 8 nitrogen and oxygen atoms in total. The first kappa shape index (κ1) is 26.6. The van der Waals surface area contributed by atoms with Gasteiger partial charge in [-0.3, -0.25) is 14.4 Å². The smallest absolute Gasteiger partial charge is 0.269 e. The van der Waals surface area contributed by atoms with Crippen LogP contribution in [-0.2, 0) is 32.6 Å². The lowest BCUT2D eigenvalue weighted by Crippen LogP contribution is -2.50. The van der Waals surface area contributed by atoms with E-state index in [1.807, 2.05) is 54.6 Å². The van der Waals surface area contributed by atoms with Crippen molar-refractivity contribution in [2.75, 3.05) is 13.6 Å². The highest BCUT2D eigenvalue weighted by Gasteiger charge is 2.41. The lowest BCUT2D eigenvalue weighted by atomic mass is 10.0. The normalized spacial score (nSPS) is 14.6. The average Bonchev–Trinajstić information content (AvgIpc) is 3.10. The van der Waals surface area contributed by atoms with Gasteiger partial charge in [-0.2, -0.15) is 0 Å². The van der Waals surface area contributed by atoms with Gasteiger partial charge in [-0.15, -0.1) is 0 Å². The zero-order valence-corrected chi connectivity index (χ0v) is 22.5. The number of amides is 3. The third-order valence-corrected chi connectivity index (χ3v) is 8.59. The molecule has 0 fully saturated rings. The van der Waals surface area contributed by atoms with Gasteiger partial charge < -0.3 is 10.2 Å². The van der Waals surface area contributed by atoms with E-state index < -0.39 is 27.9 Å². The van der Waals surface area contributed by atoms with Crippen LogP contribution in [0.2, 0.25) is 0 Å². The number of nitrogens with one attached hydrogen (secondary N) is 1. The van der Waals surface area contributed by atoms with Gasteiger partial charge in [-0.25, -0.2) is 12.7 Å². The maximum absolute atomic E-state index is 13.6. The number of fused-ring (bicyclic) bond motifs is 1. The van der Waals surface area contributed by atoms with E-state index in [1.165, 1.54) is 24.1 Å². The van der Waals surface area contributed by atoms with Gasteiger partial charge in [0.1, 0.15) is 10.9 Å². The molecule has 37 heavy (non-hydrogen) atoms. The van der Waals surface area contributed by atoms with Crippen molar-refractivity contribution in [3.63, 3.8) is 0 Å². The summed E-state index contributed by atoms with van der Waals surface area (Å²) in [5.41, 5.74) is 1.77. The van der Waals surface area contributed by atoms with E-state index in [0.29, 0.717) is 0 Å². The number of hydrogen-bond donors (Lipinski definition) is 1. The summed E-state index contributed by atoms with van der Waals surface area (Å²) < 4.78 is 27.5. The van der Waals surface area contributed by atoms with E-state index in [1.54, 1.807) is 12.1 Å². The first-order valence-electron chi connectivity index (χ1n) is 11.7. The Labute approximate surface area is 224 Å². The van der Waals surface area contributed by atoms with Gasteiger partial charge in [0.25, 0.3) is 15.9 Å². The molecule has 192 valence electrons. The fraction of sp³-hybridized carbons (Fsp3) is 0.222. The summed E-state index contributed by atoms with van der Waals surface area (Å²) in [5, 5.41) is 2.64. The Kier molecular flexibility index (Phi) is 8.09. The van der Waals surface area contributed by atoms with E-state index >= 15 is 0 Å². The monoisotopic (exact) mass is 583 g/mol. The molecule has 0 radical (unpaired) electrons. The van der Waals surface area contributed by atoms with E-state index in [2.05, 4.69) is 21.2 Å². The van der Waals surface area contributed by atoms with E-state index in [-0.39, 0.29) is 42.3 Å². The van der Waals surface area contributed by atoms with Crippen molar-refractivity contribution in [2.24, 2.45) is 0 Å². The second-order valence-electron chi connectivity index (χ2n) is 8.60. The maximum atomic E-state index is 13.6. The zero-order valence-electron chi connectivity index (χ0n) is 20.1. The molecule has 4 rings (SSSR count). The summed E-state index contributed by atoms with van der Waals surface area (Å²) in [5.74, 6) is -1.44. The van der Waals surface area contributed by atoms with Crippen LogP contribution >= 0.6 is 15.9 Å². The second kappa shape index (κ2) is 11.3. The van der Waals surface area contributed by atoms with Gasteiger partial charge in [0.15, 0.2) is 0 Å². The van der Waals surface area contributed by atoms with Crippen LogP contribution in [0, 0.1) is 0 Å². The molecule has 0 unspecified atom stereocenters. The number of rotatable bonds is 9. The van der Waals surface area contributed by atoms with Crippen molar-refractivity contribution >= 4 is 43.7 Å². The lowest BCUT2D eigenvalue weighted by molar-refractivity contribution is -0.141. The van der Waals surface area contributed by atoms with Gasteiger partial charge >= 0.3 is 0 Å². The molecule has 0 saturated heterocycles. The van der Waals surface area contributed by atoms with E-state index in [4.69, 9.17) is 0 Å². The van der Waals surface area contributed by atoms with Crippen molar-refractivity contribution in [1.82, 2.24) is 14.5 Å². The molecule has 0 bridgehead atoms. The fourth-order valence-electron chi connectivity index (χ4n) is 4.30. The number of sulfonamides is 1. The molecule has 3 aromatic carbocycles. The summed E-state index contributed by atoms with van der Waals surface area (Å²) in [6.07, 6.45) is 0.00688. The predicted octanol–water partition coefficient (Wildman–Crippen LogP) is 3.37. The number of hydrogen-bond acceptors (Lipinski definition) is 5. The van der Waals surface area contributed by atoms with Crippen molar-refractivity contribution in [2.45, 2.75) is 30.3 Å². The van der Waals surface area contributed by atoms with Gasteiger partial charge in [0, 0.05) is 37.5 Å². The number of likely N-dealkylation sites (N-methyl/N-ethyl adjacent to an activating group) is 1. The molecule has 1 atom stereocenters. The highest BCUT2D eigenvalue weighted by atomic mass is 79.9. The Bertz CT molecular complexity index is 1410. The number of halogens is 1. The first-order valence-corrected chi connectivity index (χ1v) is 13.9. The Balaban J connectivity index is 1.61. The largest absolute Gasteiger partial charge is 0.357 e. The standard InChI is InChI=1S/C27H26BrN3O5S/c1-29-26(33)23(17-19-7-3-2-4-8-19)30(18-20-11-13-21(28)14-12-20)25(32)15-16-31-27(34)22-9-5-6-10-24(22)37(31,35)36/h2-14,23H,15-18H2,1H3,(H,29,33)/t23-/m1/s1. The molecule has 3 aromatic rings. The van der Waals surface area contributed by atoms with Gasteiger partial charge in [0.2, 0.25) is 11.8 Å². The molecule has 0 saturated carbocycles. The summed E-state index contributed by atoms with van der Waals surface area (Å²) in [4.78, 5) is 40.8. The van der Waals surface area contributed by atoms with Crippen LogP contribution in [-0.4, -0.2) is 55.0 Å². The molecule has 10 heteroatoms. The minimum Gasteiger partial charge on any atom is -0.357 e. The van der Waals surface area contributed by atoms with Gasteiger partial charge in [-0.1, -0.05) is 70.5 Å². The van der Waals surface area contributed by atoms with Gasteiger partial charge in [-0.05, 0) is 35.4 Å². The quantitative estimate of drug-likeness (QED) is 0.416. The zero-order chi connectivity index (χ0) is 26.6. The molecule has 3 amide bonds. The van der Waals surface area contributed by atoms with Gasteiger partial charge in [0.05, 0.1) is 5.56 Å². The third kappa shape index (κ3) is 5.75. The predicted molar refractivity (Wildman–Crippen MR) is 142 cm³/mol. The molecule has 1 heterocycles. The van der Waals surface area contributed by atoms with Crippen LogP contribution in [0.1, 0.15) is 27.9 Å². The van der Waals surface area contributed by atoms with Crippen molar-refractivity contribution in [3.05, 3.63) is 100 Å². The van der Waals surface area contributed by atoms with E-state index in [0.717, 1.165) is 19.9 Å². The van der Waals surface area contributed by atoms with Crippen LogP contribution in [0.4, 0.5) is 0 Å². The van der Waals surface area contributed by atoms with Crippen LogP contribution in [0.25, 0.3) is 0 Å². The fourth-order valence-corrected chi connectivity index (χ4v) is 6.13. The molecule has 0 spiro atoms. The summed E-state index contributed by atoms with van der Waals surface area (Å²) in [7, 11) is -2.53. The Morgan fingerprint density at radius 3 is 2.24 bits per heavy atom. The number of carbonyl (C=O) groups excluding carboxylic acids is 3. The third-order valence-electron chi connectivity index (χ3n) is 6.22. The van der Waals surface area contributed by atoms with Crippen LogP contribution < -0.4 is 5.32 Å². The number of carbonyl (C=O) groups is 3. The topological polar surface area (TPSA) is 104 Å². The van der Waals surface area contributed by atoms with Crippen molar-refractivity contribution in [1.29, 1.82) is 0 Å². The number of benzene rings is 3. The average molecular weight is 584 g/mol. The van der Waals surface area contributed by atoms with Crippen LogP contribution in [0.15, 0.2) is 88.2 Å². The Morgan fingerprint density at radius 2 is 1.59 bits per heavy atom. The maximum Gasteiger partial charge on any atom is 0.269 e. The Hall–Kier alpha value is -3.50. The minimum absolute atomic E-state index is 0.0634. The highest BCUT2D eigenvalue weighted by Crippen LogP contribution is 2.30. The molecular formula is C27H26BrN3O5S. The molecular weight excluding hydrogens is 558 g/mol. The van der Waals surface area contributed by atoms with Crippen molar-refractivity contribution < 1.29 is 22.8 Å². The molecule has 0 aromatic heterocycles. The molecule has 1 aliphatic rings. The summed E-state index contributed by atoms with van der Waals surface area (Å²) >= 11 is 3.40. The minimum atomic E-state index is -4.04. The molecule has 0 aliphatic carbocycles. The first-order chi connectivity index (χ1) is 17.7. The SMILES string of the molecule is CNC(=O)[C@@H](Cc1ccccc1)N(Cc1ccc(Br)cc1)C(=O)CCN1C(=O)c2ccccc2S1(=O)=O. The summed E-state index contributed by atoms with van der Waals surface area (Å²) in [6, 6.07) is 21.9. The molecule has 1 aliphatic heterocycles. The highest BCUT2D eigenvalue weighted by molar-refractivity contribution is 9.10. The van der Waals surface area contributed by atoms with Crippen molar-refractivity contribution in [3.8, 4) is 0 Å².